The Morgan fingerprint density at radius 1 is 1.25 bits per heavy atom. The van der Waals surface area contributed by atoms with Gasteiger partial charge in [0.15, 0.2) is 5.15 Å². The molecule has 0 aliphatic heterocycles. The number of nitrogens with zero attached hydrogens (tertiary/aromatic N) is 4. The van der Waals surface area contributed by atoms with Crippen LogP contribution in [0.25, 0.3) is 11.5 Å². The summed E-state index contributed by atoms with van der Waals surface area (Å²) in [5.41, 5.74) is 0.284. The number of aromatic amines is 1. The van der Waals surface area contributed by atoms with Crippen LogP contribution in [0.3, 0.4) is 0 Å². The first-order valence-electron chi connectivity index (χ1n) is 3.83. The molecule has 2 aromatic heterocycles. The minimum Gasteiger partial charge on any atom is -0.248 e. The average Bonchev–Trinajstić information content (AvgIpc) is 2.67. The molecule has 16 heavy (non-hydrogen) atoms. The van der Waals surface area contributed by atoms with Crippen molar-refractivity contribution in [1.82, 2.24) is 25.4 Å². The second-order valence-corrected chi connectivity index (χ2v) is 5.51. The Hall–Kier alpha value is -1.25. The number of rotatable bonds is 2. The lowest BCUT2D eigenvalue weighted by Gasteiger charge is -1.91. The van der Waals surface area contributed by atoms with Crippen LogP contribution >= 0.6 is 22.3 Å². The Bertz CT molecular complexity index is 608. The maximum Gasteiger partial charge on any atom is 0.296 e. The minimum absolute atomic E-state index is 0.0726. The largest absolute Gasteiger partial charge is 0.296 e. The fourth-order valence-corrected chi connectivity index (χ4v) is 1.56. The minimum atomic E-state index is -3.93. The number of H-pyrrole nitrogens is 1. The van der Waals surface area contributed by atoms with Crippen LogP contribution in [0.2, 0.25) is 5.15 Å². The van der Waals surface area contributed by atoms with E-state index in [0.29, 0.717) is 0 Å². The molecule has 0 radical (unpaired) electrons. The summed E-state index contributed by atoms with van der Waals surface area (Å²) < 4.78 is 21.8. The highest BCUT2D eigenvalue weighted by Gasteiger charge is 2.17. The molecule has 10 heteroatoms. The molecule has 1 N–H and O–H groups in total. The van der Waals surface area contributed by atoms with Gasteiger partial charge in [-0.3, -0.25) is 0 Å². The zero-order valence-corrected chi connectivity index (χ0v) is 9.75. The van der Waals surface area contributed by atoms with E-state index in [-0.39, 0.29) is 16.7 Å². The van der Waals surface area contributed by atoms with E-state index < -0.39 is 14.2 Å². The topological polar surface area (TPSA) is 101 Å². The molecular formula is C6H3Cl2N5O2S. The lowest BCUT2D eigenvalue weighted by atomic mass is 10.4. The predicted octanol–water partition coefficient (Wildman–Crippen LogP) is 0.843. The second-order valence-electron chi connectivity index (χ2n) is 2.64. The van der Waals surface area contributed by atoms with Gasteiger partial charge >= 0.3 is 0 Å². The number of halogens is 2. The van der Waals surface area contributed by atoms with Crippen LogP contribution in [0.15, 0.2) is 17.3 Å². The quantitative estimate of drug-likeness (QED) is 0.818. The molecule has 0 spiro atoms. The first-order valence-corrected chi connectivity index (χ1v) is 6.52. The molecule has 0 aliphatic rings. The van der Waals surface area contributed by atoms with Gasteiger partial charge in [0, 0.05) is 10.7 Å². The molecule has 7 nitrogen and oxygen atoms in total. The van der Waals surface area contributed by atoms with Gasteiger partial charge in [-0.2, -0.15) is 10.1 Å². The van der Waals surface area contributed by atoms with Gasteiger partial charge in [-0.05, 0) is 12.1 Å². The summed E-state index contributed by atoms with van der Waals surface area (Å²) in [6, 6.07) is 2.98. The maximum atomic E-state index is 10.9. The maximum absolute atomic E-state index is 10.9. The number of nitrogens with one attached hydrogen (secondary N) is 1. The van der Waals surface area contributed by atoms with Crippen LogP contribution in [-0.2, 0) is 9.05 Å². The van der Waals surface area contributed by atoms with E-state index in [1.54, 1.807) is 0 Å². The van der Waals surface area contributed by atoms with Crippen molar-refractivity contribution in [2.45, 2.75) is 5.16 Å². The van der Waals surface area contributed by atoms with Gasteiger partial charge in [-0.1, -0.05) is 11.6 Å². The van der Waals surface area contributed by atoms with Crippen LogP contribution in [0, 0.1) is 0 Å². The summed E-state index contributed by atoms with van der Waals surface area (Å²) >= 11 is 5.54. The summed E-state index contributed by atoms with van der Waals surface area (Å²) in [5, 5.41) is 12.8. The first-order chi connectivity index (χ1) is 7.47. The zero-order valence-electron chi connectivity index (χ0n) is 7.42. The van der Waals surface area contributed by atoms with Crippen LogP contribution in [-0.4, -0.2) is 33.8 Å². The summed E-state index contributed by atoms with van der Waals surface area (Å²) in [6.45, 7) is 0. The molecule has 0 amide bonds. The number of aromatic nitrogens is 5. The van der Waals surface area contributed by atoms with Crippen LogP contribution in [0.4, 0.5) is 0 Å². The standard InChI is InChI=1S/C6H3Cl2N5O2S/c7-4-2-1-3(10-11-4)5-9-6(13-12-5)16(8,14)15/h1-2H,(H,9,12,13). The van der Waals surface area contributed by atoms with Crippen molar-refractivity contribution in [3.63, 3.8) is 0 Å². The van der Waals surface area contributed by atoms with Gasteiger partial charge in [0.1, 0.15) is 5.69 Å². The molecule has 2 rings (SSSR count). The summed E-state index contributed by atoms with van der Waals surface area (Å²) in [5.74, 6) is 0.0726. The molecule has 0 fully saturated rings. The SMILES string of the molecule is O=S(=O)(Cl)c1nc(-c2ccc(Cl)nn2)n[nH]1. The molecule has 0 saturated heterocycles. The molecule has 2 heterocycles. The lowest BCUT2D eigenvalue weighted by Crippen LogP contribution is -1.93. The van der Waals surface area contributed by atoms with E-state index >= 15 is 0 Å². The molecule has 0 bridgehead atoms. The zero-order chi connectivity index (χ0) is 11.8. The highest BCUT2D eigenvalue weighted by molar-refractivity contribution is 8.13. The molecule has 0 saturated carbocycles. The van der Waals surface area contributed by atoms with E-state index in [1.165, 1.54) is 12.1 Å². The van der Waals surface area contributed by atoms with E-state index in [1.807, 2.05) is 0 Å². The number of hydrogen-bond acceptors (Lipinski definition) is 6. The van der Waals surface area contributed by atoms with Gasteiger partial charge in [0.2, 0.25) is 5.82 Å². The van der Waals surface area contributed by atoms with Crippen molar-refractivity contribution in [1.29, 1.82) is 0 Å². The molecule has 0 aromatic carbocycles. The molecule has 2 aromatic rings. The van der Waals surface area contributed by atoms with Crippen LogP contribution in [0.1, 0.15) is 0 Å². The average molecular weight is 280 g/mol. The van der Waals surface area contributed by atoms with Gasteiger partial charge in [0.05, 0.1) is 0 Å². The summed E-state index contributed by atoms with van der Waals surface area (Å²) in [6.07, 6.45) is 0. The third-order valence-corrected chi connectivity index (χ3v) is 2.84. The molecule has 0 aliphatic carbocycles. The third kappa shape index (κ3) is 2.29. The van der Waals surface area contributed by atoms with Gasteiger partial charge in [0.25, 0.3) is 14.2 Å². The van der Waals surface area contributed by atoms with Crippen LogP contribution in [0.5, 0.6) is 0 Å². The Morgan fingerprint density at radius 2 is 2.00 bits per heavy atom. The van der Waals surface area contributed by atoms with Crippen molar-refractivity contribution in [3.05, 3.63) is 17.3 Å². The highest BCUT2D eigenvalue weighted by Crippen LogP contribution is 2.15. The molecule has 0 atom stereocenters. The van der Waals surface area contributed by atoms with Crippen LogP contribution < -0.4 is 0 Å². The van der Waals surface area contributed by atoms with Crippen molar-refractivity contribution in [2.75, 3.05) is 0 Å². The van der Waals surface area contributed by atoms with Crippen molar-refractivity contribution < 1.29 is 8.42 Å². The fraction of sp³-hybridized carbons (Fsp3) is 0. The predicted molar refractivity (Wildman–Crippen MR) is 55.5 cm³/mol. The van der Waals surface area contributed by atoms with Crippen molar-refractivity contribution in [3.8, 4) is 11.5 Å². The van der Waals surface area contributed by atoms with E-state index in [0.717, 1.165) is 0 Å². The van der Waals surface area contributed by atoms with E-state index in [2.05, 4.69) is 25.4 Å². The van der Waals surface area contributed by atoms with Gasteiger partial charge in [-0.15, -0.1) is 10.2 Å². The summed E-state index contributed by atoms with van der Waals surface area (Å²) in [4.78, 5) is 3.65. The fourth-order valence-electron chi connectivity index (χ4n) is 0.906. The lowest BCUT2D eigenvalue weighted by molar-refractivity contribution is 0.602. The smallest absolute Gasteiger partial charge is 0.248 e. The highest BCUT2D eigenvalue weighted by atomic mass is 35.7. The first kappa shape index (κ1) is 11.2. The monoisotopic (exact) mass is 279 g/mol. The Labute approximate surface area is 99.2 Å². The molecular weight excluding hydrogens is 277 g/mol. The summed E-state index contributed by atoms with van der Waals surface area (Å²) in [7, 11) is 1.14. The van der Waals surface area contributed by atoms with E-state index in [9.17, 15) is 8.42 Å². The van der Waals surface area contributed by atoms with Gasteiger partial charge in [-0.25, -0.2) is 13.5 Å². The molecule has 84 valence electrons. The second kappa shape index (κ2) is 3.96. The molecule has 0 unspecified atom stereocenters. The number of hydrogen-bond donors (Lipinski definition) is 1. The normalized spacial score (nSPS) is 11.6. The Balaban J connectivity index is 2.43. The van der Waals surface area contributed by atoms with Crippen molar-refractivity contribution in [2.24, 2.45) is 0 Å². The van der Waals surface area contributed by atoms with E-state index in [4.69, 9.17) is 22.3 Å². The van der Waals surface area contributed by atoms with Crippen molar-refractivity contribution >= 4 is 31.3 Å². The Kier molecular flexibility index (Phi) is 2.78. The third-order valence-electron chi connectivity index (χ3n) is 1.56. The Morgan fingerprint density at radius 3 is 2.50 bits per heavy atom. The van der Waals surface area contributed by atoms with Gasteiger partial charge < -0.3 is 0 Å².